The van der Waals surface area contributed by atoms with Crippen LogP contribution in [-0.2, 0) is 26.2 Å². The summed E-state index contributed by atoms with van der Waals surface area (Å²) in [6.07, 6.45) is 20.0. The van der Waals surface area contributed by atoms with E-state index in [0.29, 0.717) is 0 Å². The number of hydrogen-bond donors (Lipinski definition) is 1. The van der Waals surface area contributed by atoms with Crippen LogP contribution < -0.4 is 0 Å². The van der Waals surface area contributed by atoms with Gasteiger partial charge in [-0.05, 0) is 6.92 Å². The predicted molar refractivity (Wildman–Crippen MR) is 63.1 cm³/mol. The molecule has 0 aromatic carbocycles. The number of aliphatic hydroxyl groups is 1. The Morgan fingerprint density at radius 2 is 1.40 bits per heavy atom. The van der Waals surface area contributed by atoms with Gasteiger partial charge in [0.15, 0.2) is 0 Å². The Bertz CT molecular complexity index is 166. The van der Waals surface area contributed by atoms with Crippen LogP contribution in [0.25, 0.3) is 0 Å². The fourth-order valence-corrected chi connectivity index (χ4v) is 0.680. The quantitative estimate of drug-likeness (QED) is 0.682. The summed E-state index contributed by atoms with van der Waals surface area (Å²) in [5.74, 6) is 0. The van der Waals surface area contributed by atoms with E-state index >= 15 is 0 Å². The molecule has 2 aliphatic carbocycles. The van der Waals surface area contributed by atoms with Crippen molar-refractivity contribution < 1.29 is 31.3 Å². The molecule has 0 saturated carbocycles. The fraction of sp³-hybridized carbons (Fsp3) is 0.333. The molecular weight excluding hydrogens is 287 g/mol. The maximum atomic E-state index is 7.57. The molecule has 0 aliphatic heterocycles. The van der Waals surface area contributed by atoms with Crippen molar-refractivity contribution in [3.05, 3.63) is 48.6 Å². The minimum Gasteiger partial charge on any atom is -0.397 e. The summed E-state index contributed by atoms with van der Waals surface area (Å²) < 4.78 is 0. The van der Waals surface area contributed by atoms with Crippen LogP contribution in [-0.4, -0.2) is 11.7 Å². The summed E-state index contributed by atoms with van der Waals surface area (Å²) >= 11 is 0. The van der Waals surface area contributed by atoms with Gasteiger partial charge in [0.25, 0.3) is 0 Å². The smallest absolute Gasteiger partial charge is 0.397 e. The van der Waals surface area contributed by atoms with Gasteiger partial charge in [-0.1, -0.05) is 0 Å². The van der Waals surface area contributed by atoms with E-state index in [1.807, 2.05) is 24.3 Å². The van der Waals surface area contributed by atoms with Gasteiger partial charge in [0.1, 0.15) is 0 Å². The predicted octanol–water partition coefficient (Wildman–Crippen LogP) is 3.03. The third-order valence-corrected chi connectivity index (χ3v) is 1.17. The molecule has 82 valence electrons. The van der Waals surface area contributed by atoms with Crippen molar-refractivity contribution in [3.63, 3.8) is 0 Å². The minimum atomic E-state index is 0. The van der Waals surface area contributed by atoms with Gasteiger partial charge in [-0.15, -0.1) is 25.2 Å². The van der Waals surface area contributed by atoms with Crippen molar-refractivity contribution in [2.75, 3.05) is 6.61 Å². The van der Waals surface area contributed by atoms with Crippen LogP contribution in [0.1, 0.15) is 19.8 Å². The fourth-order valence-electron chi connectivity index (χ4n) is 0.680. The van der Waals surface area contributed by atoms with Gasteiger partial charge in [0.2, 0.25) is 0 Å². The summed E-state index contributed by atoms with van der Waals surface area (Å²) in [5.41, 5.74) is 0. The first kappa shape index (κ1) is 20.5. The van der Waals surface area contributed by atoms with E-state index in [2.05, 4.69) is 24.3 Å². The Labute approximate surface area is 118 Å². The minimum absolute atomic E-state index is 0. The molecule has 1 N–H and O–H groups in total. The number of halogens is 1. The van der Waals surface area contributed by atoms with Gasteiger partial charge >= 0.3 is 26.2 Å². The van der Waals surface area contributed by atoms with E-state index in [9.17, 15) is 0 Å². The van der Waals surface area contributed by atoms with Crippen LogP contribution in [0.4, 0.5) is 0 Å². The van der Waals surface area contributed by atoms with Gasteiger partial charge in [-0.2, -0.15) is 12.2 Å². The van der Waals surface area contributed by atoms with Gasteiger partial charge in [-0.3, -0.25) is 12.2 Å². The molecule has 0 fully saturated rings. The average Bonchev–Trinajstić information content (AvgIpc) is 2.85. The molecule has 0 amide bonds. The molecule has 0 aromatic heterocycles. The maximum absolute atomic E-state index is 7.57. The van der Waals surface area contributed by atoms with Gasteiger partial charge in [0.05, 0.1) is 0 Å². The van der Waals surface area contributed by atoms with Crippen LogP contribution in [0, 0.1) is 12.2 Å². The largest absolute Gasteiger partial charge is 2.00 e. The third-order valence-electron chi connectivity index (χ3n) is 1.17. The van der Waals surface area contributed by atoms with E-state index in [1.54, 1.807) is 6.92 Å². The van der Waals surface area contributed by atoms with Crippen LogP contribution in [0.15, 0.2) is 36.5 Å². The van der Waals surface area contributed by atoms with Crippen LogP contribution >= 0.6 is 12.4 Å². The Morgan fingerprint density at radius 1 is 1.07 bits per heavy atom. The van der Waals surface area contributed by atoms with Crippen molar-refractivity contribution in [2.24, 2.45) is 0 Å². The van der Waals surface area contributed by atoms with Gasteiger partial charge in [0, 0.05) is 6.61 Å². The van der Waals surface area contributed by atoms with Gasteiger partial charge in [-0.25, -0.2) is 24.3 Å². The van der Waals surface area contributed by atoms with Crippen LogP contribution in [0.5, 0.6) is 0 Å². The molecule has 0 heterocycles. The molecule has 0 unspecified atom stereocenters. The Hall–Kier alpha value is 0.0931. The van der Waals surface area contributed by atoms with Crippen molar-refractivity contribution >= 4 is 12.4 Å². The molecule has 1 nitrogen and oxygen atoms in total. The van der Waals surface area contributed by atoms with Crippen LogP contribution in [0.2, 0.25) is 0 Å². The van der Waals surface area contributed by atoms with Gasteiger partial charge < -0.3 is 5.11 Å². The number of aliphatic hydroxyl groups excluding tert-OH is 1. The second-order valence-corrected chi connectivity index (χ2v) is 2.32. The molecule has 3 heteroatoms. The molecular formula is C12H17ClOZr. The topological polar surface area (TPSA) is 20.2 Å². The second-order valence-electron chi connectivity index (χ2n) is 2.32. The van der Waals surface area contributed by atoms with Crippen molar-refractivity contribution in [3.8, 4) is 0 Å². The Kier molecular flexibility index (Phi) is 26.8. The molecule has 15 heavy (non-hydrogen) atoms. The van der Waals surface area contributed by atoms with E-state index in [4.69, 9.17) is 5.11 Å². The van der Waals surface area contributed by atoms with E-state index in [0.717, 1.165) is 12.8 Å². The Balaban J connectivity index is -0.000000140. The zero-order valence-corrected chi connectivity index (χ0v) is 12.2. The van der Waals surface area contributed by atoms with E-state index in [1.165, 1.54) is 0 Å². The number of rotatable bonds is 0. The second kappa shape index (κ2) is 19.6. The summed E-state index contributed by atoms with van der Waals surface area (Å²) in [6.45, 7) is 1.93. The number of hydrogen-bond acceptors (Lipinski definition) is 1. The molecule has 0 spiro atoms. The molecule has 2 rings (SSSR count). The van der Waals surface area contributed by atoms with Crippen molar-refractivity contribution in [1.29, 1.82) is 0 Å². The molecule has 0 bridgehead atoms. The zero-order valence-electron chi connectivity index (χ0n) is 8.94. The van der Waals surface area contributed by atoms with Crippen molar-refractivity contribution in [1.82, 2.24) is 0 Å². The summed E-state index contributed by atoms with van der Waals surface area (Å²) in [6, 6.07) is 0. The summed E-state index contributed by atoms with van der Waals surface area (Å²) in [7, 11) is 0. The standard InChI is InChI=1S/2C5H5.C2H6O.ClH.Zr/c2*1-2-4-5-3-1;1-2-3;;/h2*1-3H,4H2;3H,2H2,1H3;1H;/q2*-1;;;+2. The van der Waals surface area contributed by atoms with E-state index in [-0.39, 0.29) is 45.2 Å². The molecule has 2 aliphatic rings. The normalized spacial score (nSPS) is 12.9. The molecule has 0 aromatic rings. The first-order chi connectivity index (χ1) is 6.41. The van der Waals surface area contributed by atoms with Crippen LogP contribution in [0.3, 0.4) is 0 Å². The first-order valence-electron chi connectivity index (χ1n) is 4.46. The van der Waals surface area contributed by atoms with Crippen molar-refractivity contribution in [2.45, 2.75) is 19.8 Å². The molecule has 0 saturated heterocycles. The first-order valence-corrected chi connectivity index (χ1v) is 4.46. The van der Waals surface area contributed by atoms with E-state index < -0.39 is 0 Å². The molecule has 0 atom stereocenters. The Morgan fingerprint density at radius 3 is 1.47 bits per heavy atom. The summed E-state index contributed by atoms with van der Waals surface area (Å²) in [5, 5.41) is 7.57. The summed E-state index contributed by atoms with van der Waals surface area (Å²) in [4.78, 5) is 0. The zero-order chi connectivity index (χ0) is 9.78. The average molecular weight is 304 g/mol. The number of allylic oxidation sites excluding steroid dienone is 8. The monoisotopic (exact) mass is 302 g/mol. The molecule has 0 radical (unpaired) electrons. The third kappa shape index (κ3) is 20.2. The maximum Gasteiger partial charge on any atom is 2.00 e. The SMILES string of the molecule is CCO.Cl.[C-]1=CC=CC1.[C-]1=CC=CC1.[Zr+2].